The van der Waals surface area contributed by atoms with Gasteiger partial charge in [-0.2, -0.15) is 19.8 Å². The van der Waals surface area contributed by atoms with Crippen molar-refractivity contribution in [1.82, 2.24) is 0 Å². The van der Waals surface area contributed by atoms with Crippen LogP contribution in [-0.2, 0) is 0 Å². The first-order chi connectivity index (χ1) is 11.8. The zero-order valence-corrected chi connectivity index (χ0v) is 21.8. The Labute approximate surface area is 185 Å². The van der Waals surface area contributed by atoms with Crippen molar-refractivity contribution in [2.75, 3.05) is 0 Å². The van der Waals surface area contributed by atoms with Gasteiger partial charge in [0.05, 0.1) is 6.10 Å². The quantitative estimate of drug-likeness (QED) is 0.305. The fourth-order valence-electron chi connectivity index (χ4n) is 7.91. The molecule has 7 unspecified atom stereocenters. The molecule has 0 spiro atoms. The van der Waals surface area contributed by atoms with E-state index in [1.807, 2.05) is 0 Å². The van der Waals surface area contributed by atoms with E-state index in [0.717, 1.165) is 42.4 Å². The molecule has 0 aromatic carbocycles. The largest absolute Gasteiger partial charge is 0.393 e. The smallest absolute Gasteiger partial charge is 0.0577 e. The fraction of sp³-hybridized carbons (Fsp3) is 0.875. The average Bonchev–Trinajstić information content (AvgIpc) is 2.92. The maximum atomic E-state index is 10.2. The van der Waals surface area contributed by atoms with Crippen LogP contribution in [0.15, 0.2) is 11.6 Å². The van der Waals surface area contributed by atoms with Gasteiger partial charge < -0.3 is 11.0 Å². The topological polar surface area (TPSA) is 20.2 Å². The average molecular weight is 582 g/mol. The van der Waals surface area contributed by atoms with Crippen molar-refractivity contribution in [3.8, 4) is 0 Å². The molecule has 4 aliphatic carbocycles. The van der Waals surface area contributed by atoms with E-state index < -0.39 is 0 Å². The van der Waals surface area contributed by atoms with Gasteiger partial charge in [-0.05, 0) is 73.5 Å². The molecule has 0 heterocycles. The Morgan fingerprint density at radius 2 is 1.81 bits per heavy atom. The van der Waals surface area contributed by atoms with E-state index in [2.05, 4.69) is 40.7 Å². The van der Waals surface area contributed by atoms with E-state index in [9.17, 15) is 5.11 Å². The third kappa shape index (κ3) is 3.13. The van der Waals surface area contributed by atoms with Gasteiger partial charge in [0.15, 0.2) is 0 Å². The summed E-state index contributed by atoms with van der Waals surface area (Å²) >= 11 is 0. The molecule has 0 aromatic rings. The van der Waals surface area contributed by atoms with Crippen molar-refractivity contribution in [2.45, 2.75) is 92.1 Å². The molecule has 0 amide bonds. The van der Waals surface area contributed by atoms with Crippen LogP contribution in [0.3, 0.4) is 0 Å². The van der Waals surface area contributed by atoms with E-state index in [1.54, 1.807) is 11.5 Å². The Morgan fingerprint density at radius 1 is 1.08 bits per heavy atom. The van der Waals surface area contributed by atoms with Crippen molar-refractivity contribution < 1.29 is 36.2 Å². The third-order valence-corrected chi connectivity index (χ3v) is 9.67. The molecule has 8 atom stereocenters. The van der Waals surface area contributed by atoms with Crippen molar-refractivity contribution in [3.05, 3.63) is 17.6 Å². The molecule has 0 aromatic heterocycles. The molecule has 0 radical (unpaired) electrons. The molecular formula is C24H39OU-. The summed E-state index contributed by atoms with van der Waals surface area (Å²) in [6, 6.07) is 0. The molecule has 0 aliphatic heterocycles. The number of hydrogen-bond donors (Lipinski definition) is 1. The Bertz CT molecular complexity index is 554. The van der Waals surface area contributed by atoms with Crippen LogP contribution < -0.4 is 0 Å². The van der Waals surface area contributed by atoms with Gasteiger partial charge in [-0.15, -0.1) is 0 Å². The Morgan fingerprint density at radius 3 is 2.50 bits per heavy atom. The Kier molecular flexibility index (Phi) is 6.22. The summed E-state index contributed by atoms with van der Waals surface area (Å²) in [4.78, 5) is 0. The fourth-order valence-corrected chi connectivity index (χ4v) is 7.91. The predicted molar refractivity (Wildman–Crippen MR) is 105 cm³/mol. The van der Waals surface area contributed by atoms with Crippen LogP contribution in [0.5, 0.6) is 0 Å². The second-order valence-electron chi connectivity index (χ2n) is 10.8. The van der Waals surface area contributed by atoms with Gasteiger partial charge in [-0.1, -0.05) is 44.8 Å². The standard InChI is InChI=1S/C24H39O.U/c1-15(2)16(3)20-8-9-21-19-7-6-17-14-18(25)10-12-23(17,4)22(19)11-13-24(20,21)5;/h6,16,18-22,25H,7-14H2,1-5H3;/q-1;/t16-,18?,19?,20?,21?,22?,23?,24?;/m1./s1. The minimum Gasteiger partial charge on any atom is -0.393 e. The maximum Gasteiger partial charge on any atom is 0.0577 e. The Balaban J connectivity index is 0.00000196. The second kappa shape index (κ2) is 7.54. The van der Waals surface area contributed by atoms with Crippen LogP contribution >= 0.6 is 0 Å². The monoisotopic (exact) mass is 581 g/mol. The molecule has 146 valence electrons. The minimum atomic E-state index is -0.0792. The summed E-state index contributed by atoms with van der Waals surface area (Å²) in [6.45, 7) is 12.4. The maximum absolute atomic E-state index is 10.2. The normalized spacial score (nSPS) is 48.7. The summed E-state index contributed by atoms with van der Waals surface area (Å²) in [5, 5.41) is 10.2. The van der Waals surface area contributed by atoms with Gasteiger partial charge in [0, 0.05) is 31.1 Å². The molecular weight excluding hydrogens is 542 g/mol. The number of fused-ring (bicyclic) bond motifs is 5. The van der Waals surface area contributed by atoms with E-state index >= 15 is 0 Å². The summed E-state index contributed by atoms with van der Waals surface area (Å²) in [6.07, 6.45) is 12.7. The van der Waals surface area contributed by atoms with E-state index in [-0.39, 0.29) is 37.2 Å². The van der Waals surface area contributed by atoms with Crippen molar-refractivity contribution in [2.24, 2.45) is 40.4 Å². The summed E-state index contributed by atoms with van der Waals surface area (Å²) < 4.78 is 0. The van der Waals surface area contributed by atoms with Crippen molar-refractivity contribution >= 4 is 0 Å². The first-order valence-corrected chi connectivity index (χ1v) is 10.9. The van der Waals surface area contributed by atoms with Gasteiger partial charge >= 0.3 is 0 Å². The van der Waals surface area contributed by atoms with Crippen LogP contribution in [0.1, 0.15) is 86.0 Å². The van der Waals surface area contributed by atoms with Gasteiger partial charge in [0.2, 0.25) is 0 Å². The number of aliphatic hydroxyl groups is 1. The summed E-state index contributed by atoms with van der Waals surface area (Å²) in [5.41, 5.74) is 2.56. The second-order valence-corrected chi connectivity index (χ2v) is 10.8. The number of rotatable bonds is 2. The number of hydrogen-bond acceptors (Lipinski definition) is 1. The molecule has 2 heteroatoms. The van der Waals surface area contributed by atoms with E-state index in [1.165, 1.54) is 38.5 Å². The number of allylic oxidation sites excluding steroid dienone is 1. The zero-order valence-electron chi connectivity index (χ0n) is 17.6. The molecule has 0 saturated heterocycles. The third-order valence-electron chi connectivity index (χ3n) is 9.67. The van der Waals surface area contributed by atoms with E-state index in [4.69, 9.17) is 0 Å². The molecule has 1 N–H and O–H groups in total. The van der Waals surface area contributed by atoms with Crippen LogP contribution in [0.2, 0.25) is 0 Å². The Hall–Kier alpha value is 0.752. The van der Waals surface area contributed by atoms with Gasteiger partial charge in [-0.25, -0.2) is 0 Å². The molecule has 26 heavy (non-hydrogen) atoms. The van der Waals surface area contributed by atoms with Gasteiger partial charge in [0.25, 0.3) is 0 Å². The van der Waals surface area contributed by atoms with Crippen LogP contribution in [-0.4, -0.2) is 11.2 Å². The molecule has 1 nitrogen and oxygen atoms in total. The van der Waals surface area contributed by atoms with Crippen LogP contribution in [0, 0.1) is 77.5 Å². The summed E-state index contributed by atoms with van der Waals surface area (Å²) in [5.74, 6) is 6.01. The van der Waals surface area contributed by atoms with Gasteiger partial charge in [0.1, 0.15) is 0 Å². The van der Waals surface area contributed by atoms with Crippen LogP contribution in [0.25, 0.3) is 0 Å². The van der Waals surface area contributed by atoms with E-state index in [0.29, 0.717) is 10.8 Å². The minimum absolute atomic E-state index is 0. The molecule has 4 rings (SSSR count). The van der Waals surface area contributed by atoms with Gasteiger partial charge in [-0.3, -0.25) is 0 Å². The first-order valence-electron chi connectivity index (χ1n) is 10.9. The predicted octanol–water partition coefficient (Wildman–Crippen LogP) is 6.18. The summed E-state index contributed by atoms with van der Waals surface area (Å²) in [7, 11) is 0. The molecule has 3 saturated carbocycles. The van der Waals surface area contributed by atoms with Crippen molar-refractivity contribution in [1.29, 1.82) is 0 Å². The zero-order chi connectivity index (χ0) is 18.0. The van der Waals surface area contributed by atoms with Crippen LogP contribution in [0.4, 0.5) is 0 Å². The molecule has 3 fully saturated rings. The van der Waals surface area contributed by atoms with Crippen molar-refractivity contribution in [3.63, 3.8) is 0 Å². The number of aliphatic hydroxyl groups excluding tert-OH is 1. The molecule has 0 bridgehead atoms. The first kappa shape index (κ1) is 21.5. The molecule has 4 aliphatic rings. The SMILES string of the molecule is C[C-](C)[C@@H](C)C1CCC2C3CC=C4CC(O)CCC4(C)C3CCC21C.[U].